The van der Waals surface area contributed by atoms with Crippen molar-refractivity contribution in [3.8, 4) is 0 Å². The van der Waals surface area contributed by atoms with Gasteiger partial charge in [-0.3, -0.25) is 14.3 Å². The zero-order valence-electron chi connectivity index (χ0n) is 18.7. The molecule has 1 aromatic carbocycles. The number of aryl methyl sites for hydroxylation is 2. The van der Waals surface area contributed by atoms with Gasteiger partial charge >= 0.3 is 5.69 Å². The Balaban J connectivity index is 1.43. The highest BCUT2D eigenvalue weighted by Gasteiger charge is 2.23. The third-order valence-corrected chi connectivity index (χ3v) is 5.79. The van der Waals surface area contributed by atoms with E-state index in [1.165, 1.54) is 4.68 Å². The summed E-state index contributed by atoms with van der Waals surface area (Å²) in [5.74, 6) is 0.697. The smallest absolute Gasteiger partial charge is 0.346 e. The minimum absolute atomic E-state index is 0.00471. The number of fused-ring (bicyclic) bond motifs is 1. The van der Waals surface area contributed by atoms with Crippen LogP contribution >= 0.6 is 0 Å². The first-order chi connectivity index (χ1) is 15.5. The van der Waals surface area contributed by atoms with Crippen LogP contribution in [0.1, 0.15) is 53.5 Å². The molecule has 0 radical (unpaired) electrons. The Labute approximate surface area is 187 Å². The summed E-state index contributed by atoms with van der Waals surface area (Å²) in [5.41, 5.74) is 3.40. The van der Waals surface area contributed by atoms with Gasteiger partial charge < -0.3 is 10.6 Å². The second kappa shape index (κ2) is 9.80. The van der Waals surface area contributed by atoms with E-state index >= 15 is 0 Å². The van der Waals surface area contributed by atoms with Crippen molar-refractivity contribution in [1.29, 1.82) is 0 Å². The monoisotopic (exact) mass is 434 g/mol. The number of aromatic nitrogens is 4. The molecule has 32 heavy (non-hydrogen) atoms. The van der Waals surface area contributed by atoms with Gasteiger partial charge in [-0.05, 0) is 49.9 Å². The molecule has 4 rings (SSSR count). The lowest BCUT2D eigenvalue weighted by atomic mass is 10.1. The lowest BCUT2D eigenvalue weighted by Gasteiger charge is -2.18. The Bertz CT molecular complexity index is 1140. The molecule has 0 saturated heterocycles. The molecule has 0 saturated carbocycles. The molecule has 1 aliphatic heterocycles. The molecule has 3 aromatic rings. The van der Waals surface area contributed by atoms with Gasteiger partial charge in [0.05, 0.1) is 12.1 Å². The van der Waals surface area contributed by atoms with E-state index in [1.54, 1.807) is 17.0 Å². The van der Waals surface area contributed by atoms with Crippen LogP contribution in [0.25, 0.3) is 0 Å². The van der Waals surface area contributed by atoms with Crippen LogP contribution in [-0.4, -0.2) is 37.8 Å². The lowest BCUT2D eigenvalue weighted by molar-refractivity contribution is 0.0933. The SMILES string of the molecule is CCCNc1ccc(C)cc1C(=O)NC1CCc2nn(Cc3cccnc3)c(=O)n2CC1. The average Bonchev–Trinajstić information content (AvgIpc) is 2.95. The van der Waals surface area contributed by atoms with Gasteiger partial charge in [0, 0.05) is 43.6 Å². The van der Waals surface area contributed by atoms with Gasteiger partial charge in [0.15, 0.2) is 0 Å². The lowest BCUT2D eigenvalue weighted by Crippen LogP contribution is -2.36. The van der Waals surface area contributed by atoms with E-state index in [0.717, 1.165) is 42.0 Å². The molecule has 1 amide bonds. The van der Waals surface area contributed by atoms with Crippen molar-refractivity contribution in [2.75, 3.05) is 11.9 Å². The predicted molar refractivity (Wildman–Crippen MR) is 124 cm³/mol. The Hall–Kier alpha value is -3.42. The number of benzene rings is 1. The quantitative estimate of drug-likeness (QED) is 0.596. The van der Waals surface area contributed by atoms with Crippen LogP contribution in [0.2, 0.25) is 0 Å². The molecular formula is C24H30N6O2. The Kier molecular flexibility index (Phi) is 6.68. The highest BCUT2D eigenvalue weighted by molar-refractivity contribution is 6.00. The molecule has 1 aliphatic rings. The van der Waals surface area contributed by atoms with E-state index in [2.05, 4.69) is 27.6 Å². The zero-order chi connectivity index (χ0) is 22.5. The predicted octanol–water partition coefficient (Wildman–Crippen LogP) is 2.75. The molecule has 8 heteroatoms. The normalized spacial score (nSPS) is 15.6. The molecule has 2 aromatic heterocycles. The number of amides is 1. The summed E-state index contributed by atoms with van der Waals surface area (Å²) in [5, 5.41) is 11.1. The third kappa shape index (κ3) is 4.90. The van der Waals surface area contributed by atoms with Crippen LogP contribution in [0.4, 0.5) is 5.69 Å². The van der Waals surface area contributed by atoms with Crippen LogP contribution in [0.3, 0.4) is 0 Å². The van der Waals surface area contributed by atoms with Crippen LogP contribution in [0.15, 0.2) is 47.5 Å². The molecule has 0 fully saturated rings. The fourth-order valence-electron chi connectivity index (χ4n) is 4.06. The van der Waals surface area contributed by atoms with E-state index in [0.29, 0.717) is 31.5 Å². The van der Waals surface area contributed by atoms with Gasteiger partial charge in [-0.2, -0.15) is 5.10 Å². The minimum Gasteiger partial charge on any atom is -0.384 e. The maximum absolute atomic E-state index is 13.1. The highest BCUT2D eigenvalue weighted by Crippen LogP contribution is 2.19. The van der Waals surface area contributed by atoms with E-state index in [4.69, 9.17) is 0 Å². The van der Waals surface area contributed by atoms with Crippen molar-refractivity contribution in [1.82, 2.24) is 24.6 Å². The van der Waals surface area contributed by atoms with Gasteiger partial charge in [0.1, 0.15) is 5.82 Å². The van der Waals surface area contributed by atoms with Gasteiger partial charge in [0.25, 0.3) is 5.91 Å². The summed E-state index contributed by atoms with van der Waals surface area (Å²) < 4.78 is 3.24. The van der Waals surface area contributed by atoms with E-state index in [1.807, 2.05) is 37.3 Å². The van der Waals surface area contributed by atoms with E-state index < -0.39 is 0 Å². The number of pyridine rings is 1. The minimum atomic E-state index is -0.111. The molecule has 0 bridgehead atoms. The fraction of sp³-hybridized carbons (Fsp3) is 0.417. The average molecular weight is 435 g/mol. The molecule has 3 heterocycles. The summed E-state index contributed by atoms with van der Waals surface area (Å²) in [4.78, 5) is 30.0. The van der Waals surface area contributed by atoms with Crippen molar-refractivity contribution in [2.24, 2.45) is 0 Å². The van der Waals surface area contributed by atoms with Gasteiger partial charge in [-0.25, -0.2) is 9.48 Å². The summed E-state index contributed by atoms with van der Waals surface area (Å²) in [6.07, 6.45) is 6.54. The number of carbonyl (C=O) groups is 1. The Morgan fingerprint density at radius 2 is 2.12 bits per heavy atom. The molecule has 1 atom stereocenters. The highest BCUT2D eigenvalue weighted by atomic mass is 16.2. The number of rotatable bonds is 7. The molecule has 8 nitrogen and oxygen atoms in total. The molecule has 0 aliphatic carbocycles. The molecule has 0 spiro atoms. The Morgan fingerprint density at radius 1 is 1.25 bits per heavy atom. The van der Waals surface area contributed by atoms with Crippen molar-refractivity contribution in [2.45, 2.75) is 58.7 Å². The third-order valence-electron chi connectivity index (χ3n) is 5.79. The summed E-state index contributed by atoms with van der Waals surface area (Å²) >= 11 is 0. The van der Waals surface area contributed by atoms with Gasteiger partial charge in [-0.1, -0.05) is 24.6 Å². The summed E-state index contributed by atoms with van der Waals surface area (Å²) in [7, 11) is 0. The second-order valence-electron chi connectivity index (χ2n) is 8.34. The van der Waals surface area contributed by atoms with Crippen LogP contribution < -0.4 is 16.3 Å². The van der Waals surface area contributed by atoms with Crippen LogP contribution in [-0.2, 0) is 19.5 Å². The maximum Gasteiger partial charge on any atom is 0.346 e. The number of anilines is 1. The van der Waals surface area contributed by atoms with Gasteiger partial charge in [0.2, 0.25) is 0 Å². The number of nitrogens with one attached hydrogen (secondary N) is 2. The Morgan fingerprint density at radius 3 is 2.91 bits per heavy atom. The standard InChI is InChI=1S/C24H30N6O2/c1-3-11-26-21-8-6-17(2)14-20(21)23(31)27-19-7-9-22-28-30(24(32)29(22)13-10-19)16-18-5-4-12-25-15-18/h4-6,8,12,14-15,19,26H,3,7,9-11,13,16H2,1-2H3,(H,27,31). The fourth-order valence-corrected chi connectivity index (χ4v) is 4.06. The largest absolute Gasteiger partial charge is 0.384 e. The van der Waals surface area contributed by atoms with Crippen molar-refractivity contribution in [3.05, 3.63) is 75.7 Å². The van der Waals surface area contributed by atoms with Crippen LogP contribution in [0, 0.1) is 6.92 Å². The zero-order valence-corrected chi connectivity index (χ0v) is 18.7. The molecule has 2 N–H and O–H groups in total. The summed E-state index contributed by atoms with van der Waals surface area (Å²) in [6.45, 7) is 5.86. The molecule has 1 unspecified atom stereocenters. The van der Waals surface area contributed by atoms with Crippen molar-refractivity contribution in [3.63, 3.8) is 0 Å². The van der Waals surface area contributed by atoms with Crippen molar-refractivity contribution >= 4 is 11.6 Å². The van der Waals surface area contributed by atoms with Crippen molar-refractivity contribution < 1.29 is 4.79 Å². The first-order valence-electron chi connectivity index (χ1n) is 11.3. The topological polar surface area (TPSA) is 93.8 Å². The number of hydrogen-bond acceptors (Lipinski definition) is 5. The summed E-state index contributed by atoms with van der Waals surface area (Å²) in [6, 6.07) is 9.68. The number of carbonyl (C=O) groups excluding carboxylic acids is 1. The number of hydrogen-bond donors (Lipinski definition) is 2. The molecular weight excluding hydrogens is 404 g/mol. The van der Waals surface area contributed by atoms with Crippen LogP contribution in [0.5, 0.6) is 0 Å². The van der Waals surface area contributed by atoms with E-state index in [9.17, 15) is 9.59 Å². The van der Waals surface area contributed by atoms with Gasteiger partial charge in [-0.15, -0.1) is 0 Å². The van der Waals surface area contributed by atoms with E-state index in [-0.39, 0.29) is 17.6 Å². The first-order valence-corrected chi connectivity index (χ1v) is 11.3. The second-order valence-corrected chi connectivity index (χ2v) is 8.34. The molecule has 168 valence electrons. The number of nitrogens with zero attached hydrogens (tertiary/aromatic N) is 4. The first kappa shape index (κ1) is 21.8. The maximum atomic E-state index is 13.1.